The summed E-state index contributed by atoms with van der Waals surface area (Å²) in [6, 6.07) is 20.7. The van der Waals surface area contributed by atoms with Crippen LogP contribution in [0.1, 0.15) is 16.1 Å². The number of sulfone groups is 1. The van der Waals surface area contributed by atoms with Gasteiger partial charge in [-0.15, -0.1) is 0 Å². The van der Waals surface area contributed by atoms with Crippen molar-refractivity contribution in [1.29, 1.82) is 0 Å². The van der Waals surface area contributed by atoms with Gasteiger partial charge in [-0.25, -0.2) is 18.4 Å². The van der Waals surface area contributed by atoms with E-state index in [1.165, 1.54) is 30.7 Å². The van der Waals surface area contributed by atoms with E-state index in [1.807, 2.05) is 28.8 Å². The predicted molar refractivity (Wildman–Crippen MR) is 123 cm³/mol. The fourth-order valence-electron chi connectivity index (χ4n) is 3.50. The van der Waals surface area contributed by atoms with Gasteiger partial charge in [0.25, 0.3) is 5.91 Å². The number of hydrogen-bond donors (Lipinski definition) is 1. The number of amides is 1. The van der Waals surface area contributed by atoms with Crippen molar-refractivity contribution in [3.8, 4) is 5.82 Å². The third-order valence-electron chi connectivity index (χ3n) is 5.11. The van der Waals surface area contributed by atoms with Gasteiger partial charge in [-0.2, -0.15) is 0 Å². The molecule has 164 valence electrons. The van der Waals surface area contributed by atoms with Crippen LogP contribution in [0.2, 0.25) is 0 Å². The van der Waals surface area contributed by atoms with E-state index < -0.39 is 15.7 Å². The molecule has 9 heteroatoms. The fourth-order valence-corrected chi connectivity index (χ4v) is 4.87. The number of pyridine rings is 1. The summed E-state index contributed by atoms with van der Waals surface area (Å²) in [5, 5.41) is 2.71. The summed E-state index contributed by atoms with van der Waals surface area (Å²) in [6.07, 6.45) is 4.51. The van der Waals surface area contributed by atoms with Crippen molar-refractivity contribution in [3.05, 3.63) is 103 Å². The number of furan rings is 1. The summed E-state index contributed by atoms with van der Waals surface area (Å²) in [7, 11) is -3.62. The van der Waals surface area contributed by atoms with Gasteiger partial charge in [0, 0.05) is 5.56 Å². The Labute approximate surface area is 189 Å². The van der Waals surface area contributed by atoms with Gasteiger partial charge >= 0.3 is 0 Å². The maximum absolute atomic E-state index is 12.8. The van der Waals surface area contributed by atoms with Gasteiger partial charge < -0.3 is 9.73 Å². The van der Waals surface area contributed by atoms with Gasteiger partial charge in [0.05, 0.1) is 39.8 Å². The average Bonchev–Trinajstić information content (AvgIpc) is 3.47. The fraction of sp³-hybridized carbons (Fsp3) is 0.0417. The molecule has 5 rings (SSSR count). The number of rotatable bonds is 6. The van der Waals surface area contributed by atoms with E-state index in [0.29, 0.717) is 11.5 Å². The van der Waals surface area contributed by atoms with Gasteiger partial charge in [0.15, 0.2) is 15.6 Å². The molecule has 0 saturated carbocycles. The van der Waals surface area contributed by atoms with Gasteiger partial charge in [0.1, 0.15) is 12.1 Å². The van der Waals surface area contributed by atoms with E-state index in [2.05, 4.69) is 15.3 Å². The lowest BCUT2D eigenvalue weighted by atomic mass is 10.2. The van der Waals surface area contributed by atoms with Gasteiger partial charge in [-0.3, -0.25) is 9.36 Å². The number of aromatic nitrogens is 3. The molecule has 0 unspecified atom stereocenters. The minimum absolute atomic E-state index is 0.0563. The molecule has 8 nitrogen and oxygen atoms in total. The summed E-state index contributed by atoms with van der Waals surface area (Å²) >= 11 is 0. The Balaban J connectivity index is 1.33. The van der Waals surface area contributed by atoms with Crippen LogP contribution >= 0.6 is 0 Å². The number of hydrogen-bond acceptors (Lipinski definition) is 6. The smallest absolute Gasteiger partial charge is 0.291 e. The summed E-state index contributed by atoms with van der Waals surface area (Å²) in [4.78, 5) is 21.7. The second-order valence-corrected chi connectivity index (χ2v) is 9.30. The Bertz CT molecular complexity index is 1540. The molecular weight excluding hydrogens is 440 g/mol. The molecule has 0 aliphatic carbocycles. The third kappa shape index (κ3) is 4.13. The molecular formula is C24H18N4O4S. The molecule has 0 fully saturated rings. The highest BCUT2D eigenvalue weighted by molar-refractivity contribution is 7.90. The number of imidazole rings is 1. The minimum atomic E-state index is -3.62. The van der Waals surface area contributed by atoms with E-state index in [1.54, 1.807) is 36.7 Å². The standard InChI is InChI=1S/C24H18N4O4S/c29-24(23-17(12-13-32-23)15-33(30,31)19-6-2-1-3-7-19)27-18-10-11-22(25-14-18)28-16-26-20-8-4-5-9-21(20)28/h1-14,16H,15H2,(H,27,29). The average molecular weight is 458 g/mol. The first-order valence-electron chi connectivity index (χ1n) is 10.1. The van der Waals surface area contributed by atoms with E-state index in [0.717, 1.165) is 11.0 Å². The van der Waals surface area contributed by atoms with Crippen molar-refractivity contribution in [2.75, 3.05) is 5.32 Å². The highest BCUT2D eigenvalue weighted by Crippen LogP contribution is 2.22. The van der Waals surface area contributed by atoms with Crippen LogP contribution in [0, 0.1) is 0 Å². The zero-order valence-electron chi connectivity index (χ0n) is 17.3. The molecule has 0 bridgehead atoms. The number of benzene rings is 2. The predicted octanol–water partition coefficient (Wildman–Crippen LogP) is 4.24. The van der Waals surface area contributed by atoms with Crippen LogP contribution in [-0.2, 0) is 15.6 Å². The molecule has 0 aliphatic rings. The molecule has 5 aromatic rings. The number of carbonyl (C=O) groups excluding carboxylic acids is 1. The van der Waals surface area contributed by atoms with Crippen LogP contribution < -0.4 is 5.32 Å². The number of fused-ring (bicyclic) bond motifs is 1. The van der Waals surface area contributed by atoms with Crippen LogP contribution in [0.25, 0.3) is 16.9 Å². The van der Waals surface area contributed by atoms with Crippen LogP contribution in [0.4, 0.5) is 5.69 Å². The third-order valence-corrected chi connectivity index (χ3v) is 6.79. The van der Waals surface area contributed by atoms with E-state index in [9.17, 15) is 13.2 Å². The Kier molecular flexibility index (Phi) is 5.23. The number of nitrogens with zero attached hydrogens (tertiary/aromatic N) is 3. The molecule has 1 amide bonds. The van der Waals surface area contributed by atoms with Crippen molar-refractivity contribution in [3.63, 3.8) is 0 Å². The van der Waals surface area contributed by atoms with Crippen molar-refractivity contribution in [2.24, 2.45) is 0 Å². The minimum Gasteiger partial charge on any atom is -0.459 e. The zero-order chi connectivity index (χ0) is 22.8. The largest absolute Gasteiger partial charge is 0.459 e. The van der Waals surface area contributed by atoms with Crippen molar-refractivity contribution < 1.29 is 17.6 Å². The lowest BCUT2D eigenvalue weighted by molar-refractivity contribution is 0.0995. The molecule has 0 atom stereocenters. The van der Waals surface area contributed by atoms with Gasteiger partial charge in [-0.05, 0) is 42.5 Å². The van der Waals surface area contributed by atoms with Crippen molar-refractivity contribution in [2.45, 2.75) is 10.6 Å². The summed E-state index contributed by atoms with van der Waals surface area (Å²) in [6.45, 7) is 0. The molecule has 0 saturated heterocycles. The Morgan fingerprint density at radius 1 is 0.939 bits per heavy atom. The normalized spacial score (nSPS) is 11.5. The Hall–Kier alpha value is -4.24. The van der Waals surface area contributed by atoms with Crippen LogP contribution in [0.3, 0.4) is 0 Å². The van der Waals surface area contributed by atoms with Crippen molar-refractivity contribution in [1.82, 2.24) is 14.5 Å². The van der Waals surface area contributed by atoms with E-state index >= 15 is 0 Å². The van der Waals surface area contributed by atoms with Crippen LogP contribution in [0.5, 0.6) is 0 Å². The molecule has 2 aromatic carbocycles. The lowest BCUT2D eigenvalue weighted by Gasteiger charge is -2.08. The summed E-state index contributed by atoms with van der Waals surface area (Å²) < 4.78 is 32.5. The molecule has 0 radical (unpaired) electrons. The SMILES string of the molecule is O=C(Nc1ccc(-n2cnc3ccccc32)nc1)c1occc1CS(=O)(=O)c1ccccc1. The van der Waals surface area contributed by atoms with Gasteiger partial charge in [-0.1, -0.05) is 30.3 Å². The maximum atomic E-state index is 12.8. The number of para-hydroxylation sites is 2. The highest BCUT2D eigenvalue weighted by Gasteiger charge is 2.22. The van der Waals surface area contributed by atoms with Crippen LogP contribution in [-0.4, -0.2) is 28.9 Å². The van der Waals surface area contributed by atoms with E-state index in [4.69, 9.17) is 4.42 Å². The number of anilines is 1. The quantitative estimate of drug-likeness (QED) is 0.408. The number of carbonyl (C=O) groups is 1. The molecule has 1 N–H and O–H groups in total. The highest BCUT2D eigenvalue weighted by atomic mass is 32.2. The van der Waals surface area contributed by atoms with E-state index in [-0.39, 0.29) is 22.0 Å². The molecule has 3 heterocycles. The van der Waals surface area contributed by atoms with Crippen molar-refractivity contribution >= 4 is 32.5 Å². The second kappa shape index (κ2) is 8.36. The summed E-state index contributed by atoms with van der Waals surface area (Å²) in [5.74, 6) is -0.310. The molecule has 0 spiro atoms. The number of nitrogens with one attached hydrogen (secondary N) is 1. The molecule has 0 aliphatic heterocycles. The first kappa shape index (κ1) is 20.7. The monoisotopic (exact) mass is 458 g/mol. The van der Waals surface area contributed by atoms with Gasteiger partial charge in [0.2, 0.25) is 0 Å². The summed E-state index contributed by atoms with van der Waals surface area (Å²) in [5.41, 5.74) is 2.50. The molecule has 33 heavy (non-hydrogen) atoms. The Morgan fingerprint density at radius 3 is 2.52 bits per heavy atom. The maximum Gasteiger partial charge on any atom is 0.291 e. The Morgan fingerprint density at radius 2 is 1.73 bits per heavy atom. The van der Waals surface area contributed by atoms with Crippen LogP contribution in [0.15, 0.2) is 101 Å². The second-order valence-electron chi connectivity index (χ2n) is 7.31. The first-order chi connectivity index (χ1) is 16.0. The lowest BCUT2D eigenvalue weighted by Crippen LogP contribution is -2.15. The topological polar surface area (TPSA) is 107 Å². The first-order valence-corrected chi connectivity index (χ1v) is 11.7. The zero-order valence-corrected chi connectivity index (χ0v) is 18.1. The molecule has 3 aromatic heterocycles.